The van der Waals surface area contributed by atoms with Crippen molar-refractivity contribution in [3.8, 4) is 11.5 Å². The molecule has 0 saturated heterocycles. The second kappa shape index (κ2) is 5.09. The average Bonchev–Trinajstić information content (AvgIpc) is 2.46. The highest BCUT2D eigenvalue weighted by atomic mass is 16.3. The lowest BCUT2D eigenvalue weighted by Gasteiger charge is -2.09. The van der Waals surface area contributed by atoms with Crippen LogP contribution >= 0.6 is 0 Å². The molecule has 0 aliphatic carbocycles. The van der Waals surface area contributed by atoms with Gasteiger partial charge < -0.3 is 15.5 Å². The van der Waals surface area contributed by atoms with E-state index in [0.717, 1.165) is 22.2 Å². The van der Waals surface area contributed by atoms with Crippen molar-refractivity contribution in [3.63, 3.8) is 0 Å². The molecular weight excluding hydrogens is 252 g/mol. The lowest BCUT2D eigenvalue weighted by Crippen LogP contribution is -1.99. The van der Waals surface area contributed by atoms with Crippen LogP contribution in [0.5, 0.6) is 11.5 Å². The Morgan fingerprint density at radius 3 is 2.75 bits per heavy atom. The van der Waals surface area contributed by atoms with Gasteiger partial charge in [-0.25, -0.2) is 0 Å². The van der Waals surface area contributed by atoms with Gasteiger partial charge in [0.15, 0.2) is 0 Å². The van der Waals surface area contributed by atoms with Gasteiger partial charge in [0, 0.05) is 35.4 Å². The Labute approximate surface area is 116 Å². The molecular formula is C16H14N2O2. The van der Waals surface area contributed by atoms with E-state index in [1.165, 1.54) is 6.07 Å². The summed E-state index contributed by atoms with van der Waals surface area (Å²) < 4.78 is 0. The Morgan fingerprint density at radius 2 is 1.90 bits per heavy atom. The summed E-state index contributed by atoms with van der Waals surface area (Å²) in [5, 5.41) is 23.3. The molecule has 4 nitrogen and oxygen atoms in total. The molecule has 0 saturated carbocycles. The van der Waals surface area contributed by atoms with Gasteiger partial charge in [-0.3, -0.25) is 4.98 Å². The standard InChI is InChI=1S/C16H14N2O2/c19-14-5-3-12(16(20)9-14)10-18-13-4-6-15-11(8-13)2-1-7-17-15/h1-9,18-20H,10H2. The second-order valence-electron chi connectivity index (χ2n) is 4.58. The van der Waals surface area contributed by atoms with E-state index in [2.05, 4.69) is 10.3 Å². The maximum absolute atomic E-state index is 9.73. The molecule has 0 spiro atoms. The number of fused-ring (bicyclic) bond motifs is 1. The number of nitrogens with zero attached hydrogens (tertiary/aromatic N) is 1. The van der Waals surface area contributed by atoms with Gasteiger partial charge in [-0.2, -0.15) is 0 Å². The van der Waals surface area contributed by atoms with E-state index in [1.54, 1.807) is 18.3 Å². The molecule has 20 heavy (non-hydrogen) atoms. The summed E-state index contributed by atoms with van der Waals surface area (Å²) in [6.45, 7) is 0.484. The topological polar surface area (TPSA) is 65.4 Å². The Kier molecular flexibility index (Phi) is 3.13. The molecule has 1 heterocycles. The molecule has 1 aromatic heterocycles. The van der Waals surface area contributed by atoms with Gasteiger partial charge in [0.2, 0.25) is 0 Å². The zero-order valence-electron chi connectivity index (χ0n) is 10.7. The van der Waals surface area contributed by atoms with E-state index in [4.69, 9.17) is 0 Å². The van der Waals surface area contributed by atoms with Crippen molar-refractivity contribution in [2.75, 3.05) is 5.32 Å². The van der Waals surface area contributed by atoms with Gasteiger partial charge in [-0.05, 0) is 36.4 Å². The molecule has 0 aliphatic heterocycles. The maximum atomic E-state index is 9.73. The molecule has 0 bridgehead atoms. The third kappa shape index (κ3) is 2.49. The van der Waals surface area contributed by atoms with Crippen LogP contribution in [0.4, 0.5) is 5.69 Å². The first kappa shape index (κ1) is 12.3. The molecule has 2 aromatic carbocycles. The number of phenolic OH excluding ortho intramolecular Hbond substituents is 2. The summed E-state index contributed by atoms with van der Waals surface area (Å²) >= 11 is 0. The second-order valence-corrected chi connectivity index (χ2v) is 4.58. The van der Waals surface area contributed by atoms with Crippen molar-refractivity contribution < 1.29 is 10.2 Å². The zero-order chi connectivity index (χ0) is 13.9. The van der Waals surface area contributed by atoms with E-state index in [1.807, 2.05) is 30.3 Å². The third-order valence-electron chi connectivity index (χ3n) is 3.15. The van der Waals surface area contributed by atoms with Crippen LogP contribution in [0.25, 0.3) is 10.9 Å². The number of aromatic nitrogens is 1. The van der Waals surface area contributed by atoms with E-state index in [9.17, 15) is 10.2 Å². The first-order chi connectivity index (χ1) is 9.72. The summed E-state index contributed by atoms with van der Waals surface area (Å²) in [5.41, 5.74) is 2.64. The van der Waals surface area contributed by atoms with Crippen LogP contribution in [-0.2, 0) is 6.54 Å². The minimum absolute atomic E-state index is 0.0584. The van der Waals surface area contributed by atoms with E-state index >= 15 is 0 Å². The SMILES string of the molecule is Oc1ccc(CNc2ccc3ncccc3c2)c(O)c1. The molecule has 4 heteroatoms. The number of phenols is 2. The first-order valence-corrected chi connectivity index (χ1v) is 6.32. The van der Waals surface area contributed by atoms with Crippen LogP contribution in [-0.4, -0.2) is 15.2 Å². The van der Waals surface area contributed by atoms with Crippen LogP contribution in [0.3, 0.4) is 0 Å². The summed E-state index contributed by atoms with van der Waals surface area (Å²) in [5.74, 6) is 0.142. The largest absolute Gasteiger partial charge is 0.508 e. The van der Waals surface area contributed by atoms with Crippen LogP contribution < -0.4 is 5.32 Å². The van der Waals surface area contributed by atoms with Crippen molar-refractivity contribution in [2.45, 2.75) is 6.54 Å². The summed E-state index contributed by atoms with van der Waals surface area (Å²) in [6, 6.07) is 14.4. The van der Waals surface area contributed by atoms with Crippen LogP contribution in [0.15, 0.2) is 54.7 Å². The Morgan fingerprint density at radius 1 is 1.00 bits per heavy atom. The van der Waals surface area contributed by atoms with Crippen molar-refractivity contribution in [1.29, 1.82) is 0 Å². The Balaban J connectivity index is 1.79. The minimum Gasteiger partial charge on any atom is -0.508 e. The Bertz CT molecular complexity index is 756. The smallest absolute Gasteiger partial charge is 0.124 e. The monoisotopic (exact) mass is 266 g/mol. The fourth-order valence-corrected chi connectivity index (χ4v) is 2.08. The van der Waals surface area contributed by atoms with Crippen molar-refractivity contribution in [3.05, 3.63) is 60.3 Å². The molecule has 0 radical (unpaired) electrons. The number of aromatic hydroxyl groups is 2. The maximum Gasteiger partial charge on any atom is 0.124 e. The van der Waals surface area contributed by atoms with Gasteiger partial charge in [0.25, 0.3) is 0 Å². The molecule has 3 N–H and O–H groups in total. The average molecular weight is 266 g/mol. The fraction of sp³-hybridized carbons (Fsp3) is 0.0625. The minimum atomic E-state index is 0.0584. The highest BCUT2D eigenvalue weighted by Gasteiger charge is 2.03. The van der Waals surface area contributed by atoms with E-state index in [0.29, 0.717) is 6.54 Å². The quantitative estimate of drug-likeness (QED) is 0.680. The summed E-state index contributed by atoms with van der Waals surface area (Å²) in [7, 11) is 0. The fourth-order valence-electron chi connectivity index (χ4n) is 2.08. The number of hydrogen-bond acceptors (Lipinski definition) is 4. The van der Waals surface area contributed by atoms with Crippen molar-refractivity contribution in [1.82, 2.24) is 4.98 Å². The van der Waals surface area contributed by atoms with Gasteiger partial charge in [0.05, 0.1) is 5.52 Å². The lowest BCUT2D eigenvalue weighted by molar-refractivity contribution is 0.446. The molecule has 0 aliphatic rings. The molecule has 100 valence electrons. The molecule has 0 atom stereocenters. The Hall–Kier alpha value is -2.75. The van der Waals surface area contributed by atoms with Crippen molar-refractivity contribution in [2.24, 2.45) is 0 Å². The molecule has 0 amide bonds. The highest BCUT2D eigenvalue weighted by molar-refractivity contribution is 5.82. The number of nitrogens with one attached hydrogen (secondary N) is 1. The van der Waals surface area contributed by atoms with Gasteiger partial charge in [0.1, 0.15) is 11.5 Å². The van der Waals surface area contributed by atoms with Gasteiger partial charge in [-0.15, -0.1) is 0 Å². The summed E-state index contributed by atoms with van der Waals surface area (Å²) in [6.07, 6.45) is 1.77. The van der Waals surface area contributed by atoms with Gasteiger partial charge in [-0.1, -0.05) is 6.07 Å². The number of rotatable bonds is 3. The number of pyridine rings is 1. The molecule has 0 unspecified atom stereocenters. The van der Waals surface area contributed by atoms with Crippen molar-refractivity contribution >= 4 is 16.6 Å². The van der Waals surface area contributed by atoms with Crippen LogP contribution in [0, 0.1) is 0 Å². The van der Waals surface area contributed by atoms with Gasteiger partial charge >= 0.3 is 0 Å². The van der Waals surface area contributed by atoms with Crippen LogP contribution in [0.1, 0.15) is 5.56 Å². The summed E-state index contributed by atoms with van der Waals surface area (Å²) in [4.78, 5) is 4.27. The number of hydrogen-bond donors (Lipinski definition) is 3. The predicted octanol–water partition coefficient (Wildman–Crippen LogP) is 3.26. The first-order valence-electron chi connectivity index (χ1n) is 6.32. The molecule has 3 rings (SSSR count). The predicted molar refractivity (Wildman–Crippen MR) is 78.8 cm³/mol. The molecule has 3 aromatic rings. The number of anilines is 1. The zero-order valence-corrected chi connectivity index (χ0v) is 10.7. The highest BCUT2D eigenvalue weighted by Crippen LogP contribution is 2.24. The number of benzene rings is 2. The van der Waals surface area contributed by atoms with E-state index in [-0.39, 0.29) is 11.5 Å². The third-order valence-corrected chi connectivity index (χ3v) is 3.15. The molecule has 0 fully saturated rings. The van der Waals surface area contributed by atoms with E-state index < -0.39 is 0 Å². The lowest BCUT2D eigenvalue weighted by atomic mass is 10.1. The van der Waals surface area contributed by atoms with Crippen LogP contribution in [0.2, 0.25) is 0 Å². The normalized spacial score (nSPS) is 10.6.